The number of nitrogens with zero attached hydrogens (tertiary/aromatic N) is 3. The zero-order chi connectivity index (χ0) is 29.7. The standard InChI is InChI=1S/C30H28F3N3O5S2/c1-38-28(37)17-10-25(42-14-17)23-15-43-29(34-23)36-18-8-9-19(36)12-20(11-18)39-13-22-26(35-41-27(22)16-6-7-16)21-4-2-3-5-24(21)40-30(31,32)33/h2-5,10,14-16,18-20H,6-9,11-13H2,1H3/t18-,19+,20+. The predicted molar refractivity (Wildman–Crippen MR) is 154 cm³/mol. The van der Waals surface area contributed by atoms with Crippen LogP contribution in [0.25, 0.3) is 21.8 Å². The van der Waals surface area contributed by atoms with Gasteiger partial charge in [0.25, 0.3) is 0 Å². The van der Waals surface area contributed by atoms with Gasteiger partial charge >= 0.3 is 12.3 Å². The number of para-hydroxylation sites is 1. The Balaban J connectivity index is 1.06. The third-order valence-electron chi connectivity index (χ3n) is 8.27. The van der Waals surface area contributed by atoms with Gasteiger partial charge in [-0.2, -0.15) is 0 Å². The summed E-state index contributed by atoms with van der Waals surface area (Å²) in [5, 5.41) is 8.97. The fourth-order valence-corrected chi connectivity index (χ4v) is 8.06. The summed E-state index contributed by atoms with van der Waals surface area (Å²) < 4.78 is 60.7. The van der Waals surface area contributed by atoms with E-state index in [1.807, 2.05) is 11.4 Å². The molecule has 0 amide bonds. The van der Waals surface area contributed by atoms with Crippen molar-refractivity contribution in [3.8, 4) is 27.6 Å². The van der Waals surface area contributed by atoms with Gasteiger partial charge in [0.15, 0.2) is 5.13 Å². The van der Waals surface area contributed by atoms with Crippen LogP contribution < -0.4 is 9.64 Å². The van der Waals surface area contributed by atoms with Crippen molar-refractivity contribution >= 4 is 33.8 Å². The minimum Gasteiger partial charge on any atom is -0.465 e. The van der Waals surface area contributed by atoms with E-state index in [1.165, 1.54) is 30.6 Å². The lowest BCUT2D eigenvalue weighted by Gasteiger charge is -2.38. The van der Waals surface area contributed by atoms with Gasteiger partial charge in [0.1, 0.15) is 17.2 Å². The average molecular weight is 632 g/mol. The number of benzene rings is 1. The molecule has 0 radical (unpaired) electrons. The molecule has 43 heavy (non-hydrogen) atoms. The average Bonchev–Trinajstić information content (AvgIpc) is 3.31. The maximum Gasteiger partial charge on any atom is 0.573 e. The molecule has 1 saturated carbocycles. The molecule has 1 aromatic carbocycles. The van der Waals surface area contributed by atoms with Crippen LogP contribution in [0.3, 0.4) is 0 Å². The van der Waals surface area contributed by atoms with E-state index in [1.54, 1.807) is 28.8 Å². The molecule has 4 aromatic rings. The van der Waals surface area contributed by atoms with Crippen molar-refractivity contribution in [3.63, 3.8) is 0 Å². The highest BCUT2D eigenvalue weighted by atomic mass is 32.1. The first-order valence-electron chi connectivity index (χ1n) is 14.1. The van der Waals surface area contributed by atoms with E-state index in [0.29, 0.717) is 22.6 Å². The fraction of sp³-hybridized carbons (Fsp3) is 0.433. The quantitative estimate of drug-likeness (QED) is 0.173. The van der Waals surface area contributed by atoms with Crippen LogP contribution in [0.1, 0.15) is 66.1 Å². The van der Waals surface area contributed by atoms with E-state index >= 15 is 0 Å². The van der Waals surface area contributed by atoms with Crippen LogP contribution in [-0.2, 0) is 16.1 Å². The second-order valence-electron chi connectivity index (χ2n) is 11.1. The summed E-state index contributed by atoms with van der Waals surface area (Å²) in [6.07, 6.45) is 0.805. The van der Waals surface area contributed by atoms with Crippen molar-refractivity contribution in [2.24, 2.45) is 0 Å². The highest BCUT2D eigenvalue weighted by molar-refractivity contribution is 7.16. The first kappa shape index (κ1) is 28.4. The Kier molecular flexibility index (Phi) is 7.42. The number of hydrogen-bond acceptors (Lipinski definition) is 10. The number of esters is 1. The van der Waals surface area contributed by atoms with Crippen molar-refractivity contribution < 1.29 is 36.7 Å². The van der Waals surface area contributed by atoms with Crippen LogP contribution in [0.4, 0.5) is 18.3 Å². The number of carbonyl (C=O) groups is 1. The van der Waals surface area contributed by atoms with Gasteiger partial charge in [-0.3, -0.25) is 0 Å². The zero-order valence-corrected chi connectivity index (χ0v) is 24.8. The number of rotatable bonds is 9. The molecule has 8 nitrogen and oxygen atoms in total. The van der Waals surface area contributed by atoms with Gasteiger partial charge in [0.05, 0.1) is 36.0 Å². The molecule has 13 heteroatoms. The lowest BCUT2D eigenvalue weighted by atomic mass is 10.00. The van der Waals surface area contributed by atoms with Crippen molar-refractivity contribution in [3.05, 3.63) is 58.0 Å². The van der Waals surface area contributed by atoms with Gasteiger partial charge in [-0.15, -0.1) is 35.8 Å². The summed E-state index contributed by atoms with van der Waals surface area (Å²) in [5.74, 6) is 0.223. The molecular weight excluding hydrogens is 603 g/mol. The fourth-order valence-electron chi connectivity index (χ4n) is 6.18. The number of ether oxygens (including phenoxy) is 3. The SMILES string of the molecule is COC(=O)c1csc(-c2csc(N3[C@@H]4CC[C@H]3C[C@@H](OCc3c(-c5ccccc5OC(F)(F)F)noc3C3CC3)C4)n2)c1. The molecule has 1 aliphatic carbocycles. The van der Waals surface area contributed by atoms with Gasteiger partial charge in [0, 0.05) is 39.9 Å². The number of thiophene rings is 1. The maximum absolute atomic E-state index is 13.1. The Morgan fingerprint density at radius 1 is 1.09 bits per heavy atom. The molecule has 2 aliphatic heterocycles. The molecule has 3 aliphatic rings. The van der Waals surface area contributed by atoms with Gasteiger partial charge in [-0.25, -0.2) is 9.78 Å². The number of hydrogen-bond donors (Lipinski definition) is 0. The Bertz CT molecular complexity index is 1610. The van der Waals surface area contributed by atoms with E-state index in [9.17, 15) is 18.0 Å². The van der Waals surface area contributed by atoms with E-state index < -0.39 is 6.36 Å². The van der Waals surface area contributed by atoms with Crippen LogP contribution in [0.15, 0.2) is 45.6 Å². The number of methoxy groups -OCH3 is 1. The number of anilines is 1. The van der Waals surface area contributed by atoms with Gasteiger partial charge in [-0.1, -0.05) is 17.3 Å². The number of alkyl halides is 3. The summed E-state index contributed by atoms with van der Waals surface area (Å²) in [4.78, 5) is 20.1. The number of piperidine rings is 1. The summed E-state index contributed by atoms with van der Waals surface area (Å²) in [6, 6.07) is 8.37. The number of carbonyl (C=O) groups excluding carboxylic acids is 1. The van der Waals surface area contributed by atoms with Gasteiger partial charge in [0.2, 0.25) is 0 Å². The third-order valence-corrected chi connectivity index (χ3v) is 10.1. The second-order valence-corrected chi connectivity index (χ2v) is 12.8. The first-order chi connectivity index (χ1) is 20.8. The van der Waals surface area contributed by atoms with Gasteiger partial charge in [-0.05, 0) is 56.7 Å². The molecule has 7 rings (SSSR count). The number of thiazole rings is 1. The molecule has 2 saturated heterocycles. The van der Waals surface area contributed by atoms with Crippen LogP contribution in [-0.4, -0.2) is 47.8 Å². The smallest absolute Gasteiger partial charge is 0.465 e. The number of halogens is 3. The van der Waals surface area contributed by atoms with Crippen molar-refractivity contribution in [1.29, 1.82) is 0 Å². The molecule has 226 valence electrons. The van der Waals surface area contributed by atoms with E-state index in [-0.39, 0.29) is 48.0 Å². The molecule has 0 unspecified atom stereocenters. The molecule has 3 atom stereocenters. The number of fused-ring (bicyclic) bond motifs is 2. The lowest BCUT2D eigenvalue weighted by molar-refractivity contribution is -0.274. The Morgan fingerprint density at radius 3 is 2.58 bits per heavy atom. The highest BCUT2D eigenvalue weighted by Gasteiger charge is 2.43. The summed E-state index contributed by atoms with van der Waals surface area (Å²) in [7, 11) is 1.37. The predicted octanol–water partition coefficient (Wildman–Crippen LogP) is 7.81. The monoisotopic (exact) mass is 631 g/mol. The van der Waals surface area contributed by atoms with E-state index in [4.69, 9.17) is 19.0 Å². The summed E-state index contributed by atoms with van der Waals surface area (Å²) >= 11 is 3.07. The van der Waals surface area contributed by atoms with Crippen LogP contribution in [0, 0.1) is 0 Å². The third kappa shape index (κ3) is 5.77. The molecule has 5 heterocycles. The number of aromatic nitrogens is 2. The molecular formula is C30H28F3N3O5S2. The minimum atomic E-state index is -4.82. The van der Waals surface area contributed by atoms with Crippen molar-refractivity contribution in [2.45, 2.75) is 75.6 Å². The first-order valence-corrected chi connectivity index (χ1v) is 15.9. The normalized spacial score (nSPS) is 21.8. The second kappa shape index (κ2) is 11.3. The highest BCUT2D eigenvalue weighted by Crippen LogP contribution is 2.47. The summed E-state index contributed by atoms with van der Waals surface area (Å²) in [5.41, 5.74) is 2.63. The molecule has 0 spiro atoms. The van der Waals surface area contributed by atoms with Crippen molar-refractivity contribution in [2.75, 3.05) is 12.0 Å². The van der Waals surface area contributed by atoms with Crippen LogP contribution in [0.2, 0.25) is 0 Å². The lowest BCUT2D eigenvalue weighted by Crippen LogP contribution is -2.45. The molecule has 2 bridgehead atoms. The topological polar surface area (TPSA) is 86.9 Å². The molecule has 3 fully saturated rings. The summed E-state index contributed by atoms with van der Waals surface area (Å²) in [6.45, 7) is 0.206. The van der Waals surface area contributed by atoms with Crippen LogP contribution >= 0.6 is 22.7 Å². The van der Waals surface area contributed by atoms with E-state index in [2.05, 4.69) is 14.8 Å². The maximum atomic E-state index is 13.1. The molecule has 3 aromatic heterocycles. The zero-order valence-electron chi connectivity index (χ0n) is 23.1. The van der Waals surface area contributed by atoms with Crippen molar-refractivity contribution in [1.82, 2.24) is 10.1 Å². The Morgan fingerprint density at radius 2 is 1.86 bits per heavy atom. The van der Waals surface area contributed by atoms with Gasteiger partial charge < -0.3 is 23.6 Å². The Hall–Kier alpha value is -3.42. The minimum absolute atomic E-state index is 0.00966. The molecule has 0 N–H and O–H groups in total. The van der Waals surface area contributed by atoms with E-state index in [0.717, 1.165) is 54.2 Å². The van der Waals surface area contributed by atoms with Crippen LogP contribution in [0.5, 0.6) is 5.75 Å². The largest absolute Gasteiger partial charge is 0.573 e. The Labute approximate surface area is 253 Å².